The van der Waals surface area contributed by atoms with Crippen molar-refractivity contribution in [2.45, 2.75) is 25.3 Å². The highest BCUT2D eigenvalue weighted by molar-refractivity contribution is 6.30. The topological polar surface area (TPSA) is 84.2 Å². The summed E-state index contributed by atoms with van der Waals surface area (Å²) in [5.41, 5.74) is 2.21. The Morgan fingerprint density at radius 1 is 0.938 bits per heavy atom. The summed E-state index contributed by atoms with van der Waals surface area (Å²) >= 11 is 5.95. The first kappa shape index (κ1) is 20.6. The lowest BCUT2D eigenvalue weighted by atomic mass is 10.1. The van der Waals surface area contributed by atoms with Crippen molar-refractivity contribution in [1.29, 1.82) is 0 Å². The molecule has 164 valence electrons. The van der Waals surface area contributed by atoms with Crippen molar-refractivity contribution in [1.82, 2.24) is 24.9 Å². The maximum atomic E-state index is 12.8. The average Bonchev–Trinajstić information content (AvgIpc) is 3.67. The number of hydrogen-bond donors (Lipinski definition) is 0. The van der Waals surface area contributed by atoms with Gasteiger partial charge in [0.05, 0.1) is 11.4 Å². The van der Waals surface area contributed by atoms with E-state index in [0.29, 0.717) is 42.8 Å². The third-order valence-corrected chi connectivity index (χ3v) is 6.17. The maximum Gasteiger partial charge on any atom is 0.267 e. The summed E-state index contributed by atoms with van der Waals surface area (Å²) < 4.78 is 1.22. The summed E-state index contributed by atoms with van der Waals surface area (Å²) in [6, 6.07) is 14.4. The van der Waals surface area contributed by atoms with Crippen LogP contribution in [0.5, 0.6) is 0 Å². The molecule has 1 aromatic carbocycles. The van der Waals surface area contributed by atoms with E-state index in [9.17, 15) is 9.59 Å². The largest absolute Gasteiger partial charge is 0.352 e. The summed E-state index contributed by atoms with van der Waals surface area (Å²) in [6.45, 7) is 2.40. The van der Waals surface area contributed by atoms with E-state index in [1.807, 2.05) is 18.2 Å². The number of anilines is 1. The number of aromatic nitrogens is 4. The molecule has 0 spiro atoms. The molecule has 2 aliphatic rings. The fourth-order valence-electron chi connectivity index (χ4n) is 3.85. The summed E-state index contributed by atoms with van der Waals surface area (Å²) in [6.07, 6.45) is 2.41. The highest BCUT2D eigenvalue weighted by Crippen LogP contribution is 2.38. The van der Waals surface area contributed by atoms with Crippen molar-refractivity contribution in [3.63, 3.8) is 0 Å². The third-order valence-electron chi connectivity index (χ3n) is 5.91. The number of piperazine rings is 1. The second kappa shape index (κ2) is 8.70. The lowest BCUT2D eigenvalue weighted by Gasteiger charge is -2.35. The van der Waals surface area contributed by atoms with Crippen molar-refractivity contribution in [3.05, 3.63) is 69.6 Å². The van der Waals surface area contributed by atoms with Crippen LogP contribution >= 0.6 is 11.6 Å². The molecule has 0 unspecified atom stereocenters. The summed E-state index contributed by atoms with van der Waals surface area (Å²) in [4.78, 5) is 29.0. The van der Waals surface area contributed by atoms with Crippen LogP contribution in [-0.4, -0.2) is 57.0 Å². The van der Waals surface area contributed by atoms with Crippen LogP contribution in [-0.2, 0) is 11.3 Å². The van der Waals surface area contributed by atoms with E-state index in [0.717, 1.165) is 17.1 Å². The molecule has 1 amide bonds. The van der Waals surface area contributed by atoms with E-state index < -0.39 is 0 Å². The molecule has 1 aliphatic heterocycles. The van der Waals surface area contributed by atoms with Crippen LogP contribution in [0.1, 0.15) is 24.5 Å². The van der Waals surface area contributed by atoms with Crippen LogP contribution in [0.15, 0.2) is 53.3 Å². The zero-order valence-corrected chi connectivity index (χ0v) is 18.3. The van der Waals surface area contributed by atoms with Crippen LogP contribution in [0.25, 0.3) is 11.3 Å². The highest BCUT2D eigenvalue weighted by Gasteiger charge is 2.26. The molecule has 0 atom stereocenters. The molecule has 0 N–H and O–H groups in total. The lowest BCUT2D eigenvalue weighted by molar-refractivity contribution is -0.132. The number of benzene rings is 1. The average molecular weight is 451 g/mol. The van der Waals surface area contributed by atoms with Gasteiger partial charge in [0.2, 0.25) is 5.91 Å². The van der Waals surface area contributed by atoms with Crippen molar-refractivity contribution in [2.75, 3.05) is 31.1 Å². The Bertz CT molecular complexity index is 1170. The number of carbonyl (C=O) groups excluding carboxylic acids is 1. The normalized spacial score (nSPS) is 16.3. The molecule has 2 aromatic heterocycles. The predicted octanol–water partition coefficient (Wildman–Crippen LogP) is 2.58. The standard InChI is InChI=1S/C23H23ClN6O2/c24-18-5-3-17(4-6-18)20-8-10-22(31)30(27-20)15-23(32)29-13-11-28(12-14-29)21-9-7-19(25-26-21)16-1-2-16/h3-10,16H,1-2,11-15H2. The molecule has 1 aliphatic carbocycles. The molecule has 5 rings (SSSR count). The Morgan fingerprint density at radius 2 is 1.69 bits per heavy atom. The zero-order valence-electron chi connectivity index (χ0n) is 17.5. The minimum absolute atomic E-state index is 0.0871. The van der Waals surface area contributed by atoms with E-state index in [2.05, 4.69) is 26.3 Å². The Balaban J connectivity index is 1.21. The molecule has 3 aromatic rings. The van der Waals surface area contributed by atoms with Gasteiger partial charge in [0, 0.05) is 48.7 Å². The summed E-state index contributed by atoms with van der Waals surface area (Å²) in [7, 11) is 0. The van der Waals surface area contributed by atoms with Gasteiger partial charge in [0.25, 0.3) is 5.56 Å². The second-order valence-corrected chi connectivity index (χ2v) is 8.62. The Morgan fingerprint density at radius 3 is 2.34 bits per heavy atom. The number of amides is 1. The van der Waals surface area contributed by atoms with Gasteiger partial charge in [-0.3, -0.25) is 9.59 Å². The van der Waals surface area contributed by atoms with Crippen molar-refractivity contribution in [2.24, 2.45) is 0 Å². The SMILES string of the molecule is O=C(Cn1nc(-c2ccc(Cl)cc2)ccc1=O)N1CCN(c2ccc(C3CC3)nn2)CC1. The molecule has 1 saturated carbocycles. The van der Waals surface area contributed by atoms with Crippen LogP contribution in [0, 0.1) is 0 Å². The molecule has 1 saturated heterocycles. The third kappa shape index (κ3) is 4.50. The van der Waals surface area contributed by atoms with Gasteiger partial charge in [-0.2, -0.15) is 10.2 Å². The monoisotopic (exact) mass is 450 g/mol. The van der Waals surface area contributed by atoms with Gasteiger partial charge >= 0.3 is 0 Å². The van der Waals surface area contributed by atoms with Crippen molar-refractivity contribution < 1.29 is 4.79 Å². The quantitative estimate of drug-likeness (QED) is 0.594. The minimum atomic E-state index is -0.305. The molecule has 0 radical (unpaired) electrons. The highest BCUT2D eigenvalue weighted by atomic mass is 35.5. The van der Waals surface area contributed by atoms with Crippen molar-refractivity contribution in [3.8, 4) is 11.3 Å². The van der Waals surface area contributed by atoms with Gasteiger partial charge in [0.15, 0.2) is 5.82 Å². The van der Waals surface area contributed by atoms with Gasteiger partial charge in [-0.05, 0) is 43.2 Å². The zero-order chi connectivity index (χ0) is 22.1. The van der Waals surface area contributed by atoms with E-state index in [4.69, 9.17) is 11.6 Å². The van der Waals surface area contributed by atoms with Crippen LogP contribution < -0.4 is 10.5 Å². The molecular weight excluding hydrogens is 428 g/mol. The van der Waals surface area contributed by atoms with Gasteiger partial charge in [-0.1, -0.05) is 23.7 Å². The molecular formula is C23H23ClN6O2. The Hall–Kier alpha value is -3.26. The molecule has 3 heterocycles. The number of rotatable bonds is 5. The molecule has 0 bridgehead atoms. The van der Waals surface area contributed by atoms with E-state index in [-0.39, 0.29) is 18.0 Å². The fourth-order valence-corrected chi connectivity index (χ4v) is 3.98. The minimum Gasteiger partial charge on any atom is -0.352 e. The van der Waals surface area contributed by atoms with Gasteiger partial charge in [-0.25, -0.2) is 4.68 Å². The number of hydrogen-bond acceptors (Lipinski definition) is 6. The molecule has 32 heavy (non-hydrogen) atoms. The van der Waals surface area contributed by atoms with E-state index in [1.54, 1.807) is 23.1 Å². The number of nitrogens with zero attached hydrogens (tertiary/aromatic N) is 6. The van der Waals surface area contributed by atoms with Crippen molar-refractivity contribution >= 4 is 23.3 Å². The first-order chi connectivity index (χ1) is 15.6. The summed E-state index contributed by atoms with van der Waals surface area (Å²) in [5, 5.41) is 13.7. The molecule has 9 heteroatoms. The number of halogens is 1. The lowest BCUT2D eigenvalue weighted by Crippen LogP contribution is -2.50. The first-order valence-electron chi connectivity index (χ1n) is 10.8. The summed E-state index contributed by atoms with van der Waals surface area (Å²) in [5.74, 6) is 1.30. The first-order valence-corrected chi connectivity index (χ1v) is 11.1. The van der Waals surface area contributed by atoms with Crippen LogP contribution in [0.2, 0.25) is 5.02 Å². The van der Waals surface area contributed by atoms with Gasteiger partial charge < -0.3 is 9.80 Å². The van der Waals surface area contributed by atoms with Gasteiger partial charge in [0.1, 0.15) is 6.54 Å². The molecule has 2 fully saturated rings. The fraction of sp³-hybridized carbons (Fsp3) is 0.348. The molecule has 8 nitrogen and oxygen atoms in total. The Labute approximate surface area is 190 Å². The predicted molar refractivity (Wildman–Crippen MR) is 122 cm³/mol. The van der Waals surface area contributed by atoms with Crippen LogP contribution in [0.3, 0.4) is 0 Å². The van der Waals surface area contributed by atoms with E-state index in [1.165, 1.54) is 23.6 Å². The van der Waals surface area contributed by atoms with Crippen LogP contribution in [0.4, 0.5) is 5.82 Å². The van der Waals surface area contributed by atoms with E-state index >= 15 is 0 Å². The smallest absolute Gasteiger partial charge is 0.267 e. The maximum absolute atomic E-state index is 12.8. The Kier molecular flexibility index (Phi) is 5.61. The number of carbonyl (C=O) groups is 1. The second-order valence-electron chi connectivity index (χ2n) is 8.18. The van der Waals surface area contributed by atoms with Gasteiger partial charge in [-0.15, -0.1) is 5.10 Å².